The van der Waals surface area contributed by atoms with Gasteiger partial charge in [0.25, 0.3) is 0 Å². The van der Waals surface area contributed by atoms with Crippen LogP contribution >= 0.6 is 0 Å². The Bertz CT molecular complexity index is 402. The Morgan fingerprint density at radius 2 is 2.00 bits per heavy atom. The molecule has 5 nitrogen and oxygen atoms in total. The zero-order valence-corrected chi connectivity index (χ0v) is 10.8. The summed E-state index contributed by atoms with van der Waals surface area (Å²) in [5.74, 6) is -0.618. The zero-order chi connectivity index (χ0) is 12.6. The molecule has 2 atom stereocenters. The topological polar surface area (TPSA) is 74.7 Å². The molecular formula is C11H19NO4S. The van der Waals surface area contributed by atoms with Crippen LogP contribution in [0.5, 0.6) is 0 Å². The molecule has 0 amide bonds. The van der Waals surface area contributed by atoms with E-state index in [0.717, 1.165) is 12.8 Å². The molecule has 1 saturated heterocycles. The first-order valence-electron chi connectivity index (χ1n) is 6.12. The summed E-state index contributed by atoms with van der Waals surface area (Å²) in [6.45, 7) is 2.16. The molecule has 0 radical (unpaired) electrons. The van der Waals surface area contributed by atoms with Crippen LogP contribution in [-0.2, 0) is 14.8 Å². The SMILES string of the molecule is CC1CC(C(=O)O)CCN1S(=O)(=O)CC1CC1. The molecule has 0 aromatic heterocycles. The molecule has 1 saturated carbocycles. The second-order valence-electron chi connectivity index (χ2n) is 5.24. The molecule has 2 aliphatic rings. The van der Waals surface area contributed by atoms with Gasteiger partial charge in [0.1, 0.15) is 0 Å². The summed E-state index contributed by atoms with van der Waals surface area (Å²) in [6, 6.07) is -0.186. The average Bonchev–Trinajstić information content (AvgIpc) is 3.00. The predicted molar refractivity (Wildman–Crippen MR) is 63.0 cm³/mol. The van der Waals surface area contributed by atoms with Crippen molar-refractivity contribution in [3.05, 3.63) is 0 Å². The van der Waals surface area contributed by atoms with Gasteiger partial charge in [-0.15, -0.1) is 0 Å². The number of carboxylic acids is 1. The van der Waals surface area contributed by atoms with E-state index < -0.39 is 21.9 Å². The second kappa shape index (κ2) is 4.57. The van der Waals surface area contributed by atoms with Gasteiger partial charge in [-0.3, -0.25) is 4.79 Å². The Morgan fingerprint density at radius 3 is 2.47 bits per heavy atom. The van der Waals surface area contributed by atoms with E-state index in [2.05, 4.69) is 0 Å². The summed E-state index contributed by atoms with van der Waals surface area (Å²) in [6.07, 6.45) is 2.89. The van der Waals surface area contributed by atoms with Gasteiger partial charge in [-0.2, -0.15) is 4.31 Å². The van der Waals surface area contributed by atoms with Gasteiger partial charge >= 0.3 is 5.97 Å². The third kappa shape index (κ3) is 2.98. The summed E-state index contributed by atoms with van der Waals surface area (Å²) in [7, 11) is -3.18. The van der Waals surface area contributed by atoms with E-state index >= 15 is 0 Å². The van der Waals surface area contributed by atoms with Crippen LogP contribution in [0, 0.1) is 11.8 Å². The Kier molecular flexibility index (Phi) is 3.45. The van der Waals surface area contributed by atoms with E-state index in [-0.39, 0.29) is 11.8 Å². The maximum Gasteiger partial charge on any atom is 0.306 e. The first kappa shape index (κ1) is 12.8. The van der Waals surface area contributed by atoms with Crippen LogP contribution in [0.1, 0.15) is 32.6 Å². The molecule has 0 bridgehead atoms. The quantitative estimate of drug-likeness (QED) is 0.816. The fraction of sp³-hybridized carbons (Fsp3) is 0.909. The molecule has 0 spiro atoms. The summed E-state index contributed by atoms with van der Waals surface area (Å²) >= 11 is 0. The first-order chi connectivity index (χ1) is 7.90. The molecule has 0 aromatic rings. The van der Waals surface area contributed by atoms with E-state index in [4.69, 9.17) is 5.11 Å². The molecule has 6 heteroatoms. The lowest BCUT2D eigenvalue weighted by atomic mass is 9.93. The molecule has 0 aromatic carbocycles. The lowest BCUT2D eigenvalue weighted by Crippen LogP contribution is -2.47. The largest absolute Gasteiger partial charge is 0.481 e. The number of hydrogen-bond acceptors (Lipinski definition) is 3. The highest BCUT2D eigenvalue weighted by atomic mass is 32.2. The molecular weight excluding hydrogens is 242 g/mol. The van der Waals surface area contributed by atoms with Crippen molar-refractivity contribution >= 4 is 16.0 Å². The van der Waals surface area contributed by atoms with Crippen molar-refractivity contribution in [1.29, 1.82) is 0 Å². The highest BCUT2D eigenvalue weighted by Gasteiger charge is 2.38. The van der Waals surface area contributed by atoms with Crippen LogP contribution < -0.4 is 0 Å². The highest BCUT2D eigenvalue weighted by molar-refractivity contribution is 7.89. The fourth-order valence-electron chi connectivity index (χ4n) is 2.47. The second-order valence-corrected chi connectivity index (χ2v) is 7.21. The average molecular weight is 261 g/mol. The normalized spacial score (nSPS) is 31.4. The van der Waals surface area contributed by atoms with Gasteiger partial charge in [0.05, 0.1) is 11.7 Å². The monoisotopic (exact) mass is 261 g/mol. The number of nitrogens with zero attached hydrogens (tertiary/aromatic N) is 1. The van der Waals surface area contributed by atoms with E-state index in [1.54, 1.807) is 6.92 Å². The van der Waals surface area contributed by atoms with Gasteiger partial charge in [0.2, 0.25) is 10.0 Å². The van der Waals surface area contributed by atoms with Crippen molar-refractivity contribution in [2.45, 2.75) is 38.6 Å². The van der Waals surface area contributed by atoms with Crippen molar-refractivity contribution in [1.82, 2.24) is 4.31 Å². The number of piperidine rings is 1. The Morgan fingerprint density at radius 1 is 1.35 bits per heavy atom. The smallest absolute Gasteiger partial charge is 0.306 e. The van der Waals surface area contributed by atoms with Gasteiger partial charge in [0.15, 0.2) is 0 Å². The van der Waals surface area contributed by atoms with E-state index in [0.29, 0.717) is 25.3 Å². The van der Waals surface area contributed by atoms with Crippen molar-refractivity contribution in [2.75, 3.05) is 12.3 Å². The van der Waals surface area contributed by atoms with Gasteiger partial charge in [-0.05, 0) is 38.5 Å². The Labute approximate surface area is 102 Å². The number of sulfonamides is 1. The van der Waals surface area contributed by atoms with Crippen LogP contribution in [-0.4, -0.2) is 42.1 Å². The molecule has 1 heterocycles. The standard InChI is InChI=1S/C11H19NO4S/c1-8-6-10(11(13)14)4-5-12(8)17(15,16)7-9-2-3-9/h8-10H,2-7H2,1H3,(H,13,14). The minimum absolute atomic E-state index is 0.186. The van der Waals surface area contributed by atoms with Crippen LogP contribution in [0.2, 0.25) is 0 Å². The maximum atomic E-state index is 12.1. The lowest BCUT2D eigenvalue weighted by Gasteiger charge is -2.35. The fourth-order valence-corrected chi connectivity index (χ4v) is 4.60. The molecule has 2 fully saturated rings. The minimum Gasteiger partial charge on any atom is -0.481 e. The van der Waals surface area contributed by atoms with Gasteiger partial charge < -0.3 is 5.11 Å². The van der Waals surface area contributed by atoms with Crippen molar-refractivity contribution in [2.24, 2.45) is 11.8 Å². The third-order valence-corrected chi connectivity index (χ3v) is 5.81. The Hall–Kier alpha value is -0.620. The highest BCUT2D eigenvalue weighted by Crippen LogP contribution is 2.33. The van der Waals surface area contributed by atoms with E-state index in [9.17, 15) is 13.2 Å². The van der Waals surface area contributed by atoms with Gasteiger partial charge in [-0.25, -0.2) is 8.42 Å². The summed E-state index contributed by atoms with van der Waals surface area (Å²) in [5.41, 5.74) is 0. The molecule has 17 heavy (non-hydrogen) atoms. The zero-order valence-electron chi connectivity index (χ0n) is 10.0. The number of hydrogen-bond donors (Lipinski definition) is 1. The summed E-state index contributed by atoms with van der Waals surface area (Å²) in [5, 5.41) is 8.93. The minimum atomic E-state index is -3.18. The number of carbonyl (C=O) groups is 1. The molecule has 1 aliphatic carbocycles. The summed E-state index contributed by atoms with van der Waals surface area (Å²) in [4.78, 5) is 10.9. The number of carboxylic acid groups (broad SMARTS) is 1. The number of aliphatic carboxylic acids is 1. The number of rotatable bonds is 4. The van der Waals surface area contributed by atoms with Gasteiger partial charge in [-0.1, -0.05) is 0 Å². The maximum absolute atomic E-state index is 12.1. The van der Waals surface area contributed by atoms with Crippen LogP contribution in [0.3, 0.4) is 0 Å². The van der Waals surface area contributed by atoms with Crippen LogP contribution in [0.4, 0.5) is 0 Å². The third-order valence-electron chi connectivity index (χ3n) is 3.66. The van der Waals surface area contributed by atoms with Crippen LogP contribution in [0.25, 0.3) is 0 Å². The molecule has 2 rings (SSSR count). The predicted octanol–water partition coefficient (Wildman–Crippen LogP) is 0.911. The van der Waals surface area contributed by atoms with Gasteiger partial charge in [0, 0.05) is 12.6 Å². The first-order valence-corrected chi connectivity index (χ1v) is 7.73. The van der Waals surface area contributed by atoms with E-state index in [1.807, 2.05) is 0 Å². The molecule has 2 unspecified atom stereocenters. The van der Waals surface area contributed by atoms with Crippen molar-refractivity contribution in [3.8, 4) is 0 Å². The molecule has 1 N–H and O–H groups in total. The molecule has 1 aliphatic heterocycles. The van der Waals surface area contributed by atoms with E-state index in [1.165, 1.54) is 4.31 Å². The molecule has 98 valence electrons. The van der Waals surface area contributed by atoms with Crippen molar-refractivity contribution in [3.63, 3.8) is 0 Å². The Balaban J connectivity index is 2.00. The summed E-state index contributed by atoms with van der Waals surface area (Å²) < 4.78 is 25.7. The lowest BCUT2D eigenvalue weighted by molar-refractivity contribution is -0.143. The van der Waals surface area contributed by atoms with Crippen LogP contribution in [0.15, 0.2) is 0 Å². The van der Waals surface area contributed by atoms with Crippen molar-refractivity contribution < 1.29 is 18.3 Å².